The van der Waals surface area contributed by atoms with Gasteiger partial charge in [-0.25, -0.2) is 28.4 Å². The minimum Gasteiger partial charge on any atom is -0.490 e. The molecule has 41 heavy (non-hydrogen) atoms. The van der Waals surface area contributed by atoms with E-state index in [1.54, 1.807) is 48.6 Å². The molecule has 1 fully saturated rings. The molecule has 0 radical (unpaired) electrons. The van der Waals surface area contributed by atoms with Crippen LogP contribution in [0, 0.1) is 0 Å². The van der Waals surface area contributed by atoms with Gasteiger partial charge in [0.1, 0.15) is 22.9 Å². The minimum atomic E-state index is -2.68. The van der Waals surface area contributed by atoms with Crippen LogP contribution < -0.4 is 19.5 Å². The molecule has 6 rings (SSSR count). The van der Waals surface area contributed by atoms with Crippen LogP contribution in [0.1, 0.15) is 32.6 Å². The maximum Gasteiger partial charge on any atom is 0.272 e. The molecule has 1 saturated carbocycles. The molecule has 2 N–H and O–H groups in total. The molecule has 216 valence electrons. The van der Waals surface area contributed by atoms with Gasteiger partial charge in [0.2, 0.25) is 11.8 Å². The smallest absolute Gasteiger partial charge is 0.272 e. The summed E-state index contributed by atoms with van der Waals surface area (Å²) in [5.41, 5.74) is 0.712. The summed E-state index contributed by atoms with van der Waals surface area (Å²) in [5.74, 6) is 2.36. The van der Waals surface area contributed by atoms with Crippen molar-refractivity contribution >= 4 is 11.6 Å². The lowest BCUT2D eigenvalue weighted by molar-refractivity contribution is -0.0500. The van der Waals surface area contributed by atoms with Crippen molar-refractivity contribution in [1.29, 1.82) is 0 Å². The Morgan fingerprint density at radius 1 is 1.20 bits per heavy atom. The number of nitrogens with one attached hydrogen (secondary N) is 1. The first-order chi connectivity index (χ1) is 19.8. The maximum absolute atomic E-state index is 13.1. The van der Waals surface area contributed by atoms with Crippen molar-refractivity contribution in [2.75, 3.05) is 18.5 Å². The fourth-order valence-electron chi connectivity index (χ4n) is 4.80. The predicted octanol–water partition coefficient (Wildman–Crippen LogP) is 3.99. The Bertz CT molecular complexity index is 1540. The number of nitrogens with zero attached hydrogens (tertiary/aromatic N) is 7. The van der Waals surface area contributed by atoms with Crippen molar-refractivity contribution in [1.82, 2.24) is 34.5 Å². The van der Waals surface area contributed by atoms with Gasteiger partial charge in [-0.15, -0.1) is 5.10 Å². The normalized spacial score (nSPS) is 17.9. The number of aliphatic hydroxyl groups is 1. The zero-order chi connectivity index (χ0) is 28.6. The molecule has 1 aliphatic heterocycles. The lowest BCUT2D eigenvalue weighted by Crippen LogP contribution is -2.41. The van der Waals surface area contributed by atoms with Crippen molar-refractivity contribution in [3.8, 4) is 40.0 Å². The second kappa shape index (κ2) is 10.9. The molecule has 1 atom stereocenters. The molecule has 4 aromatic heterocycles. The highest BCUT2D eigenvalue weighted by Crippen LogP contribution is 2.40. The molecular formula is C27H30F2N8O4. The second-order valence-corrected chi connectivity index (χ2v) is 10.3. The number of aromatic nitrogens is 7. The molecule has 0 amide bonds. The Morgan fingerprint density at radius 2 is 2.05 bits per heavy atom. The van der Waals surface area contributed by atoms with E-state index < -0.39 is 18.6 Å². The Balaban J connectivity index is 1.38. The number of hydrogen-bond acceptors (Lipinski definition) is 10. The molecule has 4 aromatic rings. The molecule has 12 nitrogen and oxygen atoms in total. The number of fused-ring (bicyclic) bond motifs is 6. The lowest BCUT2D eigenvalue weighted by atomic mass is 9.80. The number of ether oxygens (including phenoxy) is 3. The Morgan fingerprint density at radius 3 is 2.83 bits per heavy atom. The third-order valence-electron chi connectivity index (χ3n) is 7.10. The van der Waals surface area contributed by atoms with Crippen LogP contribution in [0.4, 0.5) is 20.4 Å². The highest BCUT2D eigenvalue weighted by atomic mass is 19.3. The average molecular weight is 569 g/mol. The van der Waals surface area contributed by atoms with Crippen LogP contribution in [-0.2, 0) is 13.6 Å². The van der Waals surface area contributed by atoms with Crippen molar-refractivity contribution in [3.05, 3.63) is 36.9 Å². The van der Waals surface area contributed by atoms with E-state index in [0.29, 0.717) is 71.6 Å². The summed E-state index contributed by atoms with van der Waals surface area (Å²) in [6.07, 6.45) is 6.29. The van der Waals surface area contributed by atoms with Crippen LogP contribution in [0.2, 0.25) is 0 Å². The molecule has 5 heterocycles. The van der Waals surface area contributed by atoms with Crippen molar-refractivity contribution in [2.24, 2.45) is 7.05 Å². The van der Waals surface area contributed by atoms with Crippen LogP contribution in [0.15, 0.2) is 36.9 Å². The van der Waals surface area contributed by atoms with Crippen LogP contribution in [0.5, 0.6) is 17.5 Å². The van der Waals surface area contributed by atoms with Gasteiger partial charge in [-0.3, -0.25) is 4.68 Å². The van der Waals surface area contributed by atoms with E-state index in [4.69, 9.17) is 14.2 Å². The van der Waals surface area contributed by atoms with E-state index in [-0.39, 0.29) is 18.5 Å². The largest absolute Gasteiger partial charge is 0.490 e. The summed E-state index contributed by atoms with van der Waals surface area (Å²) in [6, 6.07) is 3.42. The van der Waals surface area contributed by atoms with Gasteiger partial charge < -0.3 is 24.6 Å². The SMILES string of the molecule is C[C@H]1CCOc2c(cnn2C)-c2nccc(n2)Nc2cc(c(-c3cn(CC4(O)CCC4)nc3OCC(F)F)cn2)O1. The summed E-state index contributed by atoms with van der Waals surface area (Å²) in [7, 11) is 1.78. The van der Waals surface area contributed by atoms with Crippen LogP contribution in [-0.4, -0.2) is 71.0 Å². The molecule has 2 aliphatic rings. The molecule has 4 bridgehead atoms. The average Bonchev–Trinajstić information content (AvgIpc) is 3.49. The van der Waals surface area contributed by atoms with Gasteiger partial charge in [-0.05, 0) is 32.3 Å². The number of rotatable bonds is 6. The Kier molecular flexibility index (Phi) is 7.15. The lowest BCUT2D eigenvalue weighted by Gasteiger charge is -2.36. The van der Waals surface area contributed by atoms with Gasteiger partial charge in [0.25, 0.3) is 6.43 Å². The number of hydrogen-bond donors (Lipinski definition) is 2. The van der Waals surface area contributed by atoms with Crippen molar-refractivity contribution in [2.45, 2.75) is 57.3 Å². The monoisotopic (exact) mass is 568 g/mol. The first-order valence-corrected chi connectivity index (χ1v) is 13.4. The summed E-state index contributed by atoms with van der Waals surface area (Å²) >= 11 is 0. The zero-order valence-corrected chi connectivity index (χ0v) is 22.6. The topological polar surface area (TPSA) is 134 Å². The third-order valence-corrected chi connectivity index (χ3v) is 7.10. The molecule has 0 unspecified atom stereocenters. The highest BCUT2D eigenvalue weighted by Gasteiger charge is 2.35. The third kappa shape index (κ3) is 5.78. The minimum absolute atomic E-state index is 0.00940. The fourth-order valence-corrected chi connectivity index (χ4v) is 4.80. The first-order valence-electron chi connectivity index (χ1n) is 13.4. The quantitative estimate of drug-likeness (QED) is 0.352. The Labute approximate surface area is 234 Å². The number of anilines is 2. The molecular weight excluding hydrogens is 538 g/mol. The van der Waals surface area contributed by atoms with E-state index in [1.807, 2.05) is 6.92 Å². The van der Waals surface area contributed by atoms with E-state index in [1.165, 1.54) is 4.68 Å². The van der Waals surface area contributed by atoms with Crippen molar-refractivity contribution < 1.29 is 28.1 Å². The highest BCUT2D eigenvalue weighted by molar-refractivity contribution is 5.75. The van der Waals surface area contributed by atoms with Gasteiger partial charge in [0.15, 0.2) is 12.4 Å². The molecule has 14 heteroatoms. The van der Waals surface area contributed by atoms with E-state index in [2.05, 4.69) is 30.5 Å². The van der Waals surface area contributed by atoms with E-state index in [9.17, 15) is 13.9 Å². The standard InChI is InChI=1S/C27H30F2N8O4/c1-16-5-9-39-26-18(12-32-36(26)2)24-30-8-4-22(34-24)33-23-10-20(41-16)17(11-31-23)19-13-37(15-27(38)6-3-7-27)35-25(19)40-14-21(28)29/h4,8,10-13,16,21,38H,3,5-7,9,14-15H2,1-2H3,(H,30,31,33,34)/t16-/m0/s1. The van der Waals surface area contributed by atoms with E-state index >= 15 is 0 Å². The second-order valence-electron chi connectivity index (χ2n) is 10.3. The first kappa shape index (κ1) is 26.9. The summed E-state index contributed by atoms with van der Waals surface area (Å²) in [5, 5.41) is 22.5. The molecule has 0 aromatic carbocycles. The predicted molar refractivity (Wildman–Crippen MR) is 143 cm³/mol. The van der Waals surface area contributed by atoms with Gasteiger partial charge in [-0.2, -0.15) is 5.10 Å². The summed E-state index contributed by atoms with van der Waals surface area (Å²) in [4.78, 5) is 13.5. The van der Waals surface area contributed by atoms with Crippen molar-refractivity contribution in [3.63, 3.8) is 0 Å². The fraction of sp³-hybridized carbons (Fsp3) is 0.444. The van der Waals surface area contributed by atoms with E-state index in [0.717, 1.165) is 6.42 Å². The van der Waals surface area contributed by atoms with Gasteiger partial charge in [0.05, 0.1) is 36.6 Å². The number of alkyl halides is 2. The van der Waals surface area contributed by atoms with Gasteiger partial charge >= 0.3 is 0 Å². The van der Waals surface area contributed by atoms with Crippen LogP contribution in [0.25, 0.3) is 22.5 Å². The van der Waals surface area contributed by atoms with Gasteiger partial charge in [-0.1, -0.05) is 0 Å². The molecule has 0 spiro atoms. The number of halogens is 2. The molecule has 1 aliphatic carbocycles. The summed E-state index contributed by atoms with van der Waals surface area (Å²) < 4.78 is 47.1. The van der Waals surface area contributed by atoms with Crippen LogP contribution in [0.3, 0.4) is 0 Å². The van der Waals surface area contributed by atoms with Gasteiger partial charge in [0, 0.05) is 43.7 Å². The Hall–Kier alpha value is -4.33. The molecule has 0 saturated heterocycles. The summed E-state index contributed by atoms with van der Waals surface area (Å²) in [6.45, 7) is 1.64. The maximum atomic E-state index is 13.1. The number of aryl methyl sites for hydroxylation is 1. The zero-order valence-electron chi connectivity index (χ0n) is 22.6. The van der Waals surface area contributed by atoms with Crippen LogP contribution >= 0.6 is 0 Å². The number of pyridine rings is 1.